The van der Waals surface area contributed by atoms with Crippen molar-refractivity contribution in [1.29, 1.82) is 0 Å². The van der Waals surface area contributed by atoms with Crippen molar-refractivity contribution >= 4 is 17.4 Å². The average Bonchev–Trinajstić information content (AvgIpc) is 3.03. The Morgan fingerprint density at radius 2 is 2.04 bits per heavy atom. The summed E-state index contributed by atoms with van der Waals surface area (Å²) in [4.78, 5) is 16.0. The summed E-state index contributed by atoms with van der Waals surface area (Å²) in [7, 11) is 1.67. The number of hydrogen-bond donors (Lipinski definition) is 0. The van der Waals surface area contributed by atoms with Gasteiger partial charge in [0.25, 0.3) is 0 Å². The molecule has 134 valence electrons. The first-order valence-electron chi connectivity index (χ1n) is 8.45. The highest BCUT2D eigenvalue weighted by molar-refractivity contribution is 5.96. The van der Waals surface area contributed by atoms with E-state index < -0.39 is 0 Å². The summed E-state index contributed by atoms with van der Waals surface area (Å²) in [6.45, 7) is 4.79. The maximum absolute atomic E-state index is 12.3. The molecule has 2 aromatic rings. The monoisotopic (exact) mass is 345 g/mol. The van der Waals surface area contributed by atoms with Crippen molar-refractivity contribution in [3.8, 4) is 5.75 Å². The first-order chi connectivity index (χ1) is 12.2. The van der Waals surface area contributed by atoms with Gasteiger partial charge in [0.15, 0.2) is 0 Å². The lowest BCUT2D eigenvalue weighted by atomic mass is 10.2. The highest BCUT2D eigenvalue weighted by Gasteiger charge is 2.33. The predicted octanol–water partition coefficient (Wildman–Crippen LogP) is 2.10. The van der Waals surface area contributed by atoms with Gasteiger partial charge in [-0.3, -0.25) is 4.79 Å². The van der Waals surface area contributed by atoms with Crippen LogP contribution in [-0.2, 0) is 0 Å². The van der Waals surface area contributed by atoms with Crippen LogP contribution in [0.4, 0.5) is 11.6 Å². The van der Waals surface area contributed by atoms with Crippen molar-refractivity contribution in [3.63, 3.8) is 0 Å². The second kappa shape index (κ2) is 7.42. The molecule has 1 aliphatic heterocycles. The van der Waals surface area contributed by atoms with Crippen molar-refractivity contribution < 1.29 is 18.8 Å². The summed E-state index contributed by atoms with van der Waals surface area (Å²) in [6.07, 6.45) is 1.11. The Hall–Kier alpha value is -2.77. The molecule has 1 aromatic heterocycles. The molecule has 0 bridgehead atoms. The van der Waals surface area contributed by atoms with Crippen LogP contribution in [0.3, 0.4) is 0 Å². The molecule has 8 nitrogen and oxygen atoms in total. The number of aromatic nitrogens is 2. The van der Waals surface area contributed by atoms with Crippen LogP contribution in [0.5, 0.6) is 5.75 Å². The third-order valence-corrected chi connectivity index (χ3v) is 4.32. The van der Waals surface area contributed by atoms with Crippen LogP contribution in [0, 0.1) is 0 Å². The van der Waals surface area contributed by atoms with Gasteiger partial charge in [-0.2, -0.15) is 0 Å². The number of carbonyl (C=O) groups is 1. The van der Waals surface area contributed by atoms with E-state index in [0.717, 1.165) is 30.9 Å². The van der Waals surface area contributed by atoms with Crippen LogP contribution >= 0.6 is 0 Å². The minimum atomic E-state index is -0.175. The van der Waals surface area contributed by atoms with Crippen LogP contribution in [0.25, 0.3) is 5.73 Å². The Balaban J connectivity index is 1.74. The number of nitrogens with one attached hydrogen (secondary N) is 1. The summed E-state index contributed by atoms with van der Waals surface area (Å²) in [5.74, 6) is 0.559. The number of methoxy groups -OCH3 is 1. The standard InChI is InChI=1S/C17H23N5O3/c1-3-6-14(23)16-17(18)25-19-22(16)21-11-9-20(10-12-21)13-7-4-5-8-15(13)24-2/h4-5,7-8H,3,6,9-12H2,1-2H3,(H-,18,19,23). The van der Waals surface area contributed by atoms with E-state index in [2.05, 4.69) is 10.2 Å². The molecule has 0 unspecified atom stereocenters. The third kappa shape index (κ3) is 3.38. The number of piperazine rings is 1. The topological polar surface area (TPSA) is 86.5 Å². The first kappa shape index (κ1) is 17.1. The second-order valence-electron chi connectivity index (χ2n) is 5.93. The molecule has 0 amide bonds. The molecule has 2 heterocycles. The average molecular weight is 345 g/mol. The van der Waals surface area contributed by atoms with E-state index in [0.29, 0.717) is 19.5 Å². The lowest BCUT2D eigenvalue weighted by Gasteiger charge is -2.32. The molecular formula is C17H23N5O3. The molecule has 1 saturated heterocycles. The van der Waals surface area contributed by atoms with Gasteiger partial charge in [-0.25, -0.2) is 0 Å². The summed E-state index contributed by atoms with van der Waals surface area (Å²) in [5.41, 5.74) is 9.11. The molecule has 8 heteroatoms. The van der Waals surface area contributed by atoms with Gasteiger partial charge in [0.1, 0.15) is 11.6 Å². The Bertz CT molecular complexity index is 738. The fourth-order valence-corrected chi connectivity index (χ4v) is 3.05. The van der Waals surface area contributed by atoms with E-state index in [9.17, 15) is 4.79 Å². The molecule has 0 radical (unpaired) electrons. The van der Waals surface area contributed by atoms with Crippen LogP contribution in [0.15, 0.2) is 28.8 Å². The molecule has 1 aliphatic rings. The lowest BCUT2D eigenvalue weighted by Crippen LogP contribution is -2.67. The molecule has 0 saturated carbocycles. The van der Waals surface area contributed by atoms with Crippen molar-refractivity contribution in [2.24, 2.45) is 0 Å². The van der Waals surface area contributed by atoms with Gasteiger partial charge in [-0.15, -0.1) is 5.01 Å². The number of anilines is 1. The van der Waals surface area contributed by atoms with Crippen LogP contribution in [0.2, 0.25) is 0 Å². The fraction of sp³-hybridized carbons (Fsp3) is 0.471. The largest absolute Gasteiger partial charge is 0.659 e. The highest BCUT2D eigenvalue weighted by atomic mass is 16.5. The second-order valence-corrected chi connectivity index (χ2v) is 5.93. The van der Waals surface area contributed by atoms with Crippen molar-refractivity contribution in [1.82, 2.24) is 5.27 Å². The van der Waals surface area contributed by atoms with E-state index >= 15 is 0 Å². The number of rotatable bonds is 6. The van der Waals surface area contributed by atoms with E-state index in [4.69, 9.17) is 15.0 Å². The third-order valence-electron chi connectivity index (χ3n) is 4.32. The number of ketones is 1. The number of ether oxygens (including phenoxy) is 1. The van der Waals surface area contributed by atoms with Crippen molar-refractivity contribution in [3.05, 3.63) is 35.7 Å². The summed E-state index contributed by atoms with van der Waals surface area (Å²) in [5, 5.41) is 5.83. The van der Waals surface area contributed by atoms with E-state index in [-0.39, 0.29) is 17.4 Å². The molecular weight excluding hydrogens is 322 g/mol. The van der Waals surface area contributed by atoms with Crippen LogP contribution < -0.4 is 19.4 Å². The molecule has 0 aliphatic carbocycles. The molecule has 1 fully saturated rings. The van der Waals surface area contributed by atoms with Gasteiger partial charge in [0, 0.05) is 19.5 Å². The summed E-state index contributed by atoms with van der Waals surface area (Å²) < 4.78 is 10.4. The maximum Gasteiger partial charge on any atom is 0.334 e. The van der Waals surface area contributed by atoms with Gasteiger partial charge in [-0.1, -0.05) is 19.1 Å². The minimum absolute atomic E-state index is 0.110. The van der Waals surface area contributed by atoms with E-state index in [1.54, 1.807) is 7.11 Å². The summed E-state index contributed by atoms with van der Waals surface area (Å²) >= 11 is 0. The van der Waals surface area contributed by atoms with Crippen LogP contribution in [-0.4, -0.2) is 44.3 Å². The molecule has 1 aromatic carbocycles. The molecule has 3 rings (SSSR count). The lowest BCUT2D eigenvalue weighted by molar-refractivity contribution is -0.760. The first-order valence-corrected chi connectivity index (χ1v) is 8.45. The smallest absolute Gasteiger partial charge is 0.334 e. The van der Waals surface area contributed by atoms with Crippen molar-refractivity contribution in [2.75, 3.05) is 43.2 Å². The van der Waals surface area contributed by atoms with Gasteiger partial charge >= 0.3 is 5.69 Å². The Kier molecular flexibility index (Phi) is 5.06. The van der Waals surface area contributed by atoms with E-state index in [1.165, 1.54) is 4.79 Å². The predicted molar refractivity (Wildman–Crippen MR) is 93.1 cm³/mol. The number of carbonyl (C=O) groups excluding carboxylic acids is 1. The Labute approximate surface area is 146 Å². The van der Waals surface area contributed by atoms with Gasteiger partial charge < -0.3 is 19.9 Å². The molecule has 1 N–H and O–H groups in total. The fourth-order valence-electron chi connectivity index (χ4n) is 3.05. The van der Waals surface area contributed by atoms with Crippen LogP contribution in [0.1, 0.15) is 30.3 Å². The number of benzene rings is 1. The maximum atomic E-state index is 12.3. The highest BCUT2D eigenvalue weighted by Crippen LogP contribution is 2.28. The van der Waals surface area contributed by atoms with Gasteiger partial charge in [0.05, 0.1) is 30.7 Å². The Morgan fingerprint density at radius 1 is 1.32 bits per heavy atom. The number of Topliss-reactive ketones (excluding diaryl/α,β-unsaturated/α-hetero) is 1. The van der Waals surface area contributed by atoms with E-state index in [1.807, 2.05) is 36.2 Å². The van der Waals surface area contributed by atoms with Crippen molar-refractivity contribution in [2.45, 2.75) is 19.8 Å². The van der Waals surface area contributed by atoms with Gasteiger partial charge in [0.2, 0.25) is 11.1 Å². The molecule has 0 spiro atoms. The zero-order valence-corrected chi connectivity index (χ0v) is 14.6. The van der Waals surface area contributed by atoms with Gasteiger partial charge in [-0.05, 0) is 18.6 Å². The zero-order valence-electron chi connectivity index (χ0n) is 14.6. The normalized spacial score (nSPS) is 14.6. The number of hydrogen-bond acceptors (Lipinski definition) is 6. The Morgan fingerprint density at radius 3 is 2.72 bits per heavy atom. The SMILES string of the molecule is CCCC(=O)c1c([NH-])on[n+]1N1CCN(c2ccccc2OC)CC1. The molecule has 0 atom stereocenters. The number of nitrogens with zero attached hydrogens (tertiary/aromatic N) is 4. The molecule has 25 heavy (non-hydrogen) atoms. The minimum Gasteiger partial charge on any atom is -0.659 e. The zero-order chi connectivity index (χ0) is 17.8. The quantitative estimate of drug-likeness (QED) is 0.588. The number of para-hydroxylation sites is 2. The summed E-state index contributed by atoms with van der Waals surface area (Å²) in [6, 6.07) is 7.92.